The van der Waals surface area contributed by atoms with Crippen molar-refractivity contribution in [3.63, 3.8) is 0 Å². The van der Waals surface area contributed by atoms with Gasteiger partial charge in [-0.2, -0.15) is 0 Å². The van der Waals surface area contributed by atoms with E-state index in [-0.39, 0.29) is 12.5 Å². The molecule has 2 aromatic heterocycles. The van der Waals surface area contributed by atoms with E-state index in [9.17, 15) is 4.79 Å². The van der Waals surface area contributed by atoms with Gasteiger partial charge in [-0.15, -0.1) is 5.10 Å². The monoisotopic (exact) mass is 307 g/mol. The molecule has 0 aliphatic heterocycles. The molecule has 0 unspecified atom stereocenters. The maximum atomic E-state index is 12.2. The lowest BCUT2D eigenvalue weighted by Gasteiger charge is -2.05. The van der Waals surface area contributed by atoms with Crippen LogP contribution in [0.3, 0.4) is 0 Å². The fraction of sp³-hybridized carbons (Fsp3) is 0.125. The summed E-state index contributed by atoms with van der Waals surface area (Å²) in [6.07, 6.45) is 0. The van der Waals surface area contributed by atoms with Crippen LogP contribution >= 0.6 is 0 Å². The molecule has 0 aliphatic carbocycles. The van der Waals surface area contributed by atoms with Gasteiger partial charge < -0.3 is 9.73 Å². The Hall–Kier alpha value is -3.22. The molecule has 0 saturated carbocycles. The molecule has 114 valence electrons. The zero-order valence-electron chi connectivity index (χ0n) is 12.4. The zero-order valence-corrected chi connectivity index (χ0v) is 12.4. The summed E-state index contributed by atoms with van der Waals surface area (Å²) in [6.45, 7) is 1.88. The number of hydrogen-bond acceptors (Lipinski definition) is 5. The summed E-state index contributed by atoms with van der Waals surface area (Å²) in [7, 11) is 0. The van der Waals surface area contributed by atoms with Crippen molar-refractivity contribution < 1.29 is 9.21 Å². The van der Waals surface area contributed by atoms with Crippen LogP contribution in [0.15, 0.2) is 46.9 Å². The number of aryl methyl sites for hydroxylation is 1. The van der Waals surface area contributed by atoms with Gasteiger partial charge in [0.05, 0.1) is 5.52 Å². The number of rotatable bonds is 3. The number of aromatic nitrogens is 4. The second-order valence-electron chi connectivity index (χ2n) is 5.20. The van der Waals surface area contributed by atoms with Crippen molar-refractivity contribution in [2.75, 3.05) is 5.32 Å². The molecule has 7 heteroatoms. The molecule has 23 heavy (non-hydrogen) atoms. The number of fused-ring (bicyclic) bond motifs is 2. The summed E-state index contributed by atoms with van der Waals surface area (Å²) in [5.74, 6) is 0.415. The topological polar surface area (TPSA) is 85.8 Å². The number of carbonyl (C=O) groups is 1. The van der Waals surface area contributed by atoms with E-state index in [4.69, 9.17) is 4.42 Å². The standard InChI is InChI=1S/C16H13N5O2/c1-10-17-13-8-11(6-7-15(13)23-10)18-16(22)9-21-14-5-3-2-4-12(14)19-20-21/h2-8H,9H2,1H3,(H,18,22). The minimum absolute atomic E-state index is 0.0936. The first-order valence-corrected chi connectivity index (χ1v) is 7.14. The first kappa shape index (κ1) is 13.4. The van der Waals surface area contributed by atoms with Gasteiger partial charge in [0.15, 0.2) is 11.5 Å². The third-order valence-corrected chi connectivity index (χ3v) is 3.49. The summed E-state index contributed by atoms with van der Waals surface area (Å²) in [5.41, 5.74) is 3.67. The second-order valence-corrected chi connectivity index (χ2v) is 5.20. The molecule has 4 rings (SSSR count). The van der Waals surface area contributed by atoms with Gasteiger partial charge in [0.2, 0.25) is 5.91 Å². The second kappa shape index (κ2) is 5.20. The Kier molecular flexibility index (Phi) is 3.04. The number of hydrogen-bond donors (Lipinski definition) is 1. The highest BCUT2D eigenvalue weighted by molar-refractivity contribution is 5.93. The molecule has 1 amide bonds. The molecule has 0 spiro atoms. The first-order chi connectivity index (χ1) is 11.2. The molecule has 7 nitrogen and oxygen atoms in total. The molecule has 0 atom stereocenters. The van der Waals surface area contributed by atoms with E-state index < -0.39 is 0 Å². The third-order valence-electron chi connectivity index (χ3n) is 3.49. The molecule has 2 heterocycles. The lowest BCUT2D eigenvalue weighted by atomic mass is 10.3. The Bertz CT molecular complexity index is 1020. The third kappa shape index (κ3) is 2.52. The Labute approximate surface area is 130 Å². The summed E-state index contributed by atoms with van der Waals surface area (Å²) in [4.78, 5) is 16.5. The molecule has 0 radical (unpaired) electrons. The van der Waals surface area contributed by atoms with Crippen molar-refractivity contribution in [3.05, 3.63) is 48.4 Å². The molecule has 0 fully saturated rings. The van der Waals surface area contributed by atoms with Gasteiger partial charge >= 0.3 is 0 Å². The fourth-order valence-electron chi connectivity index (χ4n) is 2.49. The van der Waals surface area contributed by atoms with Crippen molar-refractivity contribution in [1.82, 2.24) is 20.0 Å². The Morgan fingerprint density at radius 3 is 3.00 bits per heavy atom. The molecular weight excluding hydrogens is 294 g/mol. The van der Waals surface area contributed by atoms with Crippen LogP contribution in [0.4, 0.5) is 5.69 Å². The van der Waals surface area contributed by atoms with Crippen molar-refractivity contribution in [2.45, 2.75) is 13.5 Å². The predicted octanol–water partition coefficient (Wildman–Crippen LogP) is 2.52. The first-order valence-electron chi connectivity index (χ1n) is 7.14. The number of carbonyl (C=O) groups excluding carboxylic acids is 1. The molecule has 2 aromatic carbocycles. The number of anilines is 1. The van der Waals surface area contributed by atoms with Crippen LogP contribution in [0, 0.1) is 6.92 Å². The van der Waals surface area contributed by atoms with E-state index >= 15 is 0 Å². The van der Waals surface area contributed by atoms with E-state index in [0.29, 0.717) is 22.7 Å². The molecule has 0 saturated heterocycles. The quantitative estimate of drug-likeness (QED) is 0.628. The van der Waals surface area contributed by atoms with E-state index in [1.54, 1.807) is 29.8 Å². The van der Waals surface area contributed by atoms with Gasteiger partial charge in [0.25, 0.3) is 0 Å². The Balaban J connectivity index is 1.54. The van der Waals surface area contributed by atoms with Gasteiger partial charge in [-0.3, -0.25) is 4.79 Å². The van der Waals surface area contributed by atoms with E-state index in [2.05, 4.69) is 20.6 Å². The van der Waals surface area contributed by atoms with Crippen molar-refractivity contribution in [3.8, 4) is 0 Å². The van der Waals surface area contributed by atoms with E-state index in [0.717, 1.165) is 11.0 Å². The summed E-state index contributed by atoms with van der Waals surface area (Å²) in [6, 6.07) is 12.9. The summed E-state index contributed by atoms with van der Waals surface area (Å²) < 4.78 is 6.99. The van der Waals surface area contributed by atoms with Gasteiger partial charge in [-0.05, 0) is 30.3 Å². The average Bonchev–Trinajstić information content (AvgIpc) is 3.10. The lowest BCUT2D eigenvalue weighted by Crippen LogP contribution is -2.19. The van der Waals surface area contributed by atoms with Gasteiger partial charge in [0.1, 0.15) is 17.6 Å². The minimum Gasteiger partial charge on any atom is -0.441 e. The molecular formula is C16H13N5O2. The van der Waals surface area contributed by atoms with Gasteiger partial charge in [-0.1, -0.05) is 17.3 Å². The van der Waals surface area contributed by atoms with Crippen LogP contribution in [0.1, 0.15) is 5.89 Å². The van der Waals surface area contributed by atoms with Crippen molar-refractivity contribution in [2.24, 2.45) is 0 Å². The fourth-order valence-corrected chi connectivity index (χ4v) is 2.49. The van der Waals surface area contributed by atoms with E-state index in [1.807, 2.05) is 24.3 Å². The number of nitrogens with one attached hydrogen (secondary N) is 1. The Morgan fingerprint density at radius 1 is 1.22 bits per heavy atom. The van der Waals surface area contributed by atoms with E-state index in [1.165, 1.54) is 0 Å². The summed E-state index contributed by atoms with van der Waals surface area (Å²) in [5, 5.41) is 10.9. The highest BCUT2D eigenvalue weighted by Gasteiger charge is 2.10. The maximum absolute atomic E-state index is 12.2. The maximum Gasteiger partial charge on any atom is 0.246 e. The normalized spacial score (nSPS) is 11.2. The van der Waals surface area contributed by atoms with Crippen LogP contribution in [0.25, 0.3) is 22.1 Å². The number of para-hydroxylation sites is 1. The smallest absolute Gasteiger partial charge is 0.246 e. The number of amides is 1. The van der Waals surface area contributed by atoms with Crippen molar-refractivity contribution in [1.29, 1.82) is 0 Å². The van der Waals surface area contributed by atoms with Crippen LogP contribution in [-0.4, -0.2) is 25.9 Å². The molecule has 0 bridgehead atoms. The summed E-state index contributed by atoms with van der Waals surface area (Å²) >= 11 is 0. The molecule has 0 aliphatic rings. The predicted molar refractivity (Wildman–Crippen MR) is 84.9 cm³/mol. The van der Waals surface area contributed by atoms with Gasteiger partial charge in [-0.25, -0.2) is 9.67 Å². The van der Waals surface area contributed by atoms with Crippen LogP contribution in [-0.2, 0) is 11.3 Å². The Morgan fingerprint density at radius 2 is 2.09 bits per heavy atom. The molecule has 1 N–H and O–H groups in total. The lowest BCUT2D eigenvalue weighted by molar-refractivity contribution is -0.116. The highest BCUT2D eigenvalue weighted by Crippen LogP contribution is 2.19. The van der Waals surface area contributed by atoms with Gasteiger partial charge in [0, 0.05) is 12.6 Å². The highest BCUT2D eigenvalue weighted by atomic mass is 16.3. The van der Waals surface area contributed by atoms with Crippen LogP contribution in [0.2, 0.25) is 0 Å². The average molecular weight is 307 g/mol. The SMILES string of the molecule is Cc1nc2cc(NC(=O)Cn3nnc4ccccc43)ccc2o1. The number of benzene rings is 2. The number of oxazole rings is 1. The van der Waals surface area contributed by atoms with Crippen molar-refractivity contribution >= 4 is 33.7 Å². The number of nitrogens with zero attached hydrogens (tertiary/aromatic N) is 4. The van der Waals surface area contributed by atoms with Crippen LogP contribution in [0.5, 0.6) is 0 Å². The molecule has 4 aromatic rings. The van der Waals surface area contributed by atoms with Crippen LogP contribution < -0.4 is 5.32 Å². The largest absolute Gasteiger partial charge is 0.441 e. The minimum atomic E-state index is -0.180. The zero-order chi connectivity index (χ0) is 15.8.